The Bertz CT molecular complexity index is 997. The van der Waals surface area contributed by atoms with Gasteiger partial charge in [-0.05, 0) is 29.2 Å². The zero-order valence-electron chi connectivity index (χ0n) is 17.1. The molecule has 1 aromatic heterocycles. The first-order valence-corrected chi connectivity index (χ1v) is 9.91. The quantitative estimate of drug-likeness (QED) is 0.554. The van der Waals surface area contributed by atoms with Crippen LogP contribution in [0.25, 0.3) is 17.5 Å². The molecule has 0 saturated carbocycles. The second-order valence-electron chi connectivity index (χ2n) is 7.41. The number of tetrazole rings is 1. The van der Waals surface area contributed by atoms with E-state index in [4.69, 9.17) is 0 Å². The number of nitrogens with zero attached hydrogens (tertiary/aromatic N) is 4. The number of carbonyl (C=O) groups excluding carboxylic acids is 2. The molecular formula is C23H25N5O2. The predicted molar refractivity (Wildman–Crippen MR) is 115 cm³/mol. The fourth-order valence-electron chi connectivity index (χ4n) is 2.96. The first-order chi connectivity index (χ1) is 14.5. The van der Waals surface area contributed by atoms with Gasteiger partial charge in [0.15, 0.2) is 5.78 Å². The molecule has 0 saturated heterocycles. The van der Waals surface area contributed by atoms with E-state index in [2.05, 4.69) is 20.7 Å². The highest BCUT2D eigenvalue weighted by atomic mass is 16.2. The normalized spacial score (nSPS) is 12.2. The summed E-state index contributed by atoms with van der Waals surface area (Å²) in [5, 5.41) is 15.1. The smallest absolute Gasteiger partial charge is 0.244 e. The van der Waals surface area contributed by atoms with Gasteiger partial charge in [0.1, 0.15) is 6.54 Å². The minimum Gasteiger partial charge on any atom is -0.343 e. The van der Waals surface area contributed by atoms with Gasteiger partial charge >= 0.3 is 0 Å². The van der Waals surface area contributed by atoms with Crippen LogP contribution in [0.5, 0.6) is 0 Å². The van der Waals surface area contributed by atoms with Gasteiger partial charge in [-0.25, -0.2) is 0 Å². The standard InChI is InChI=1S/C23H25N5O2/c1-17(2)15-20(24-22(30)14-13-18-9-5-3-6-10-18)21(29)16-28-26-23(25-27-28)19-11-7-4-8-12-19/h3-14,17,20H,15-16H2,1-2H3,(H,24,30)/b14-13+/t20-/m0/s1. The van der Waals surface area contributed by atoms with Crippen molar-refractivity contribution < 1.29 is 9.59 Å². The van der Waals surface area contributed by atoms with E-state index in [1.165, 1.54) is 10.9 Å². The number of carbonyl (C=O) groups is 2. The van der Waals surface area contributed by atoms with Crippen molar-refractivity contribution in [1.82, 2.24) is 25.5 Å². The van der Waals surface area contributed by atoms with Crippen molar-refractivity contribution in [1.29, 1.82) is 0 Å². The van der Waals surface area contributed by atoms with Crippen LogP contribution < -0.4 is 5.32 Å². The van der Waals surface area contributed by atoms with Crippen LogP contribution in [0.2, 0.25) is 0 Å². The molecule has 0 unspecified atom stereocenters. The molecule has 0 aliphatic rings. The summed E-state index contributed by atoms with van der Waals surface area (Å²) in [7, 11) is 0. The van der Waals surface area contributed by atoms with Crippen LogP contribution in [0.1, 0.15) is 25.8 Å². The Morgan fingerprint density at radius 2 is 1.70 bits per heavy atom. The molecule has 7 nitrogen and oxygen atoms in total. The lowest BCUT2D eigenvalue weighted by molar-refractivity contribution is -0.126. The Balaban J connectivity index is 1.64. The van der Waals surface area contributed by atoms with E-state index >= 15 is 0 Å². The van der Waals surface area contributed by atoms with E-state index in [0.29, 0.717) is 12.2 Å². The molecule has 1 heterocycles. The van der Waals surface area contributed by atoms with E-state index in [1.54, 1.807) is 6.08 Å². The lowest BCUT2D eigenvalue weighted by atomic mass is 10.00. The number of benzene rings is 2. The van der Waals surface area contributed by atoms with Crippen molar-refractivity contribution in [2.24, 2.45) is 5.92 Å². The number of hydrogen-bond donors (Lipinski definition) is 1. The fourth-order valence-corrected chi connectivity index (χ4v) is 2.96. The largest absolute Gasteiger partial charge is 0.343 e. The molecule has 2 aromatic carbocycles. The zero-order valence-corrected chi connectivity index (χ0v) is 17.1. The summed E-state index contributed by atoms with van der Waals surface area (Å²) in [6.45, 7) is 3.96. The third kappa shape index (κ3) is 6.20. The number of nitrogens with one attached hydrogen (secondary N) is 1. The van der Waals surface area contributed by atoms with Crippen molar-refractivity contribution in [3.05, 3.63) is 72.3 Å². The van der Waals surface area contributed by atoms with Crippen LogP contribution in [0, 0.1) is 5.92 Å². The molecule has 7 heteroatoms. The van der Waals surface area contributed by atoms with Gasteiger partial charge in [-0.1, -0.05) is 74.5 Å². The highest BCUT2D eigenvalue weighted by molar-refractivity contribution is 5.96. The first kappa shape index (κ1) is 21.1. The lowest BCUT2D eigenvalue weighted by Crippen LogP contribution is -2.42. The highest BCUT2D eigenvalue weighted by Gasteiger charge is 2.22. The van der Waals surface area contributed by atoms with Crippen molar-refractivity contribution in [3.63, 3.8) is 0 Å². The minimum absolute atomic E-state index is 0.0557. The average molecular weight is 403 g/mol. The highest BCUT2D eigenvalue weighted by Crippen LogP contribution is 2.12. The van der Waals surface area contributed by atoms with Gasteiger partial charge in [0, 0.05) is 11.6 Å². The average Bonchev–Trinajstić information content (AvgIpc) is 3.21. The molecule has 0 spiro atoms. The number of amides is 1. The summed E-state index contributed by atoms with van der Waals surface area (Å²) in [6.07, 6.45) is 3.69. The van der Waals surface area contributed by atoms with Gasteiger partial charge in [-0.2, -0.15) is 4.80 Å². The van der Waals surface area contributed by atoms with Crippen molar-refractivity contribution >= 4 is 17.8 Å². The van der Waals surface area contributed by atoms with Gasteiger partial charge in [0.25, 0.3) is 0 Å². The fraction of sp³-hybridized carbons (Fsp3) is 0.261. The molecule has 0 aliphatic heterocycles. The molecule has 0 aliphatic carbocycles. The predicted octanol–water partition coefficient (Wildman–Crippen LogP) is 3.15. The number of aromatic nitrogens is 4. The molecular weight excluding hydrogens is 378 g/mol. The number of rotatable bonds is 9. The third-order valence-electron chi connectivity index (χ3n) is 4.42. The van der Waals surface area contributed by atoms with E-state index < -0.39 is 6.04 Å². The topological polar surface area (TPSA) is 89.8 Å². The maximum Gasteiger partial charge on any atom is 0.244 e. The summed E-state index contributed by atoms with van der Waals surface area (Å²) >= 11 is 0. The lowest BCUT2D eigenvalue weighted by Gasteiger charge is -2.18. The SMILES string of the molecule is CC(C)C[C@H](NC(=O)/C=C/c1ccccc1)C(=O)Cn1nnc(-c2ccccc2)n1. The van der Waals surface area contributed by atoms with Crippen molar-refractivity contribution in [2.75, 3.05) is 0 Å². The van der Waals surface area contributed by atoms with Crippen LogP contribution in [0.15, 0.2) is 66.7 Å². The number of hydrogen-bond acceptors (Lipinski definition) is 5. The molecule has 154 valence electrons. The Morgan fingerprint density at radius 1 is 1.03 bits per heavy atom. The summed E-state index contributed by atoms with van der Waals surface area (Å²) in [4.78, 5) is 26.5. The van der Waals surface area contributed by atoms with Gasteiger partial charge in [0.2, 0.25) is 11.7 Å². The van der Waals surface area contributed by atoms with Crippen LogP contribution in [-0.4, -0.2) is 37.9 Å². The first-order valence-electron chi connectivity index (χ1n) is 9.91. The molecule has 1 N–H and O–H groups in total. The maximum absolute atomic E-state index is 12.8. The summed E-state index contributed by atoms with van der Waals surface area (Å²) in [6, 6.07) is 18.3. The van der Waals surface area contributed by atoms with Gasteiger partial charge < -0.3 is 5.32 Å². The molecule has 3 aromatic rings. The van der Waals surface area contributed by atoms with Crippen LogP contribution >= 0.6 is 0 Å². The number of Topliss-reactive ketones (excluding diaryl/α,β-unsaturated/α-hetero) is 1. The Hall–Kier alpha value is -3.61. The third-order valence-corrected chi connectivity index (χ3v) is 4.42. The molecule has 30 heavy (non-hydrogen) atoms. The monoisotopic (exact) mass is 403 g/mol. The van der Waals surface area contributed by atoms with Crippen LogP contribution in [0.3, 0.4) is 0 Å². The van der Waals surface area contributed by atoms with Gasteiger partial charge in [0.05, 0.1) is 6.04 Å². The van der Waals surface area contributed by atoms with Crippen LogP contribution in [0.4, 0.5) is 0 Å². The van der Waals surface area contributed by atoms with E-state index in [9.17, 15) is 9.59 Å². The molecule has 1 atom stereocenters. The summed E-state index contributed by atoms with van der Waals surface area (Å²) < 4.78 is 0. The maximum atomic E-state index is 12.8. The van der Waals surface area contributed by atoms with E-state index in [0.717, 1.165) is 11.1 Å². The number of ketones is 1. The molecule has 0 radical (unpaired) electrons. The minimum atomic E-state index is -0.621. The Labute approximate surface area is 175 Å². The Morgan fingerprint density at radius 3 is 2.37 bits per heavy atom. The molecule has 1 amide bonds. The van der Waals surface area contributed by atoms with Gasteiger partial charge in [-0.15, -0.1) is 10.2 Å². The van der Waals surface area contributed by atoms with Crippen molar-refractivity contribution in [3.8, 4) is 11.4 Å². The summed E-state index contributed by atoms with van der Waals surface area (Å²) in [5.41, 5.74) is 1.74. The van der Waals surface area contributed by atoms with E-state index in [-0.39, 0.29) is 24.2 Å². The van der Waals surface area contributed by atoms with Crippen molar-refractivity contribution in [2.45, 2.75) is 32.9 Å². The van der Waals surface area contributed by atoms with Gasteiger partial charge in [-0.3, -0.25) is 9.59 Å². The second-order valence-corrected chi connectivity index (χ2v) is 7.41. The Kier molecular flexibility index (Phi) is 7.21. The molecule has 0 bridgehead atoms. The molecule has 0 fully saturated rings. The van der Waals surface area contributed by atoms with E-state index in [1.807, 2.05) is 74.5 Å². The molecule has 3 rings (SSSR count). The zero-order chi connectivity index (χ0) is 21.3. The second kappa shape index (κ2) is 10.2. The summed E-state index contributed by atoms with van der Waals surface area (Å²) in [5.74, 6) is 0.219. The van der Waals surface area contributed by atoms with Crippen LogP contribution in [-0.2, 0) is 16.1 Å².